The molecule has 0 aromatic carbocycles. The normalized spacial score (nSPS) is 8.90. The van der Waals surface area contributed by atoms with Crippen molar-refractivity contribution in [3.05, 3.63) is 24.5 Å². The lowest BCUT2D eigenvalue weighted by Gasteiger charge is -2.05. The molecule has 1 amide bonds. The van der Waals surface area contributed by atoms with E-state index in [1.165, 1.54) is 24.5 Å². The number of nitrogens with zero attached hydrogens (tertiary/aromatic N) is 2. The zero-order chi connectivity index (χ0) is 7.40. The van der Waals surface area contributed by atoms with Gasteiger partial charge in [-0.15, -0.1) is 0 Å². The van der Waals surface area contributed by atoms with Gasteiger partial charge in [0.2, 0.25) is 6.41 Å². The molecule has 1 aromatic heterocycles. The smallest absolute Gasteiger partial charge is 0.237 e. The van der Waals surface area contributed by atoms with Crippen LogP contribution in [0.5, 0.6) is 0 Å². The van der Waals surface area contributed by atoms with E-state index in [0.29, 0.717) is 17.2 Å². The Bertz CT molecular complexity index is 212. The minimum atomic E-state index is 0.315. The van der Waals surface area contributed by atoms with Crippen LogP contribution >= 0.6 is 0 Å². The Morgan fingerprint density at radius 2 is 2.10 bits per heavy atom. The molecule has 0 aliphatic carbocycles. The summed E-state index contributed by atoms with van der Waals surface area (Å²) < 4.78 is 0. The number of hydrogen-bond acceptors (Lipinski definition) is 3. The van der Waals surface area contributed by atoms with Gasteiger partial charge in [-0.05, 0) is 12.1 Å². The molecule has 52 valence electrons. The third-order valence-electron chi connectivity index (χ3n) is 1.03. The molecular formula is C6H6N2O2. The van der Waals surface area contributed by atoms with Gasteiger partial charge in [-0.3, -0.25) is 15.0 Å². The predicted octanol–water partition coefficient (Wildman–Crippen LogP) is 0.434. The largest absolute Gasteiger partial charge is 0.281 e. The molecule has 0 radical (unpaired) electrons. The van der Waals surface area contributed by atoms with E-state index in [-0.39, 0.29) is 0 Å². The molecule has 0 fully saturated rings. The molecule has 1 N–H and O–H groups in total. The first-order valence-corrected chi connectivity index (χ1v) is 2.68. The molecule has 0 atom stereocenters. The summed E-state index contributed by atoms with van der Waals surface area (Å²) in [6.07, 6.45) is 3.29. The van der Waals surface area contributed by atoms with Crippen LogP contribution in [-0.4, -0.2) is 16.6 Å². The van der Waals surface area contributed by atoms with E-state index in [1.807, 2.05) is 0 Å². The summed E-state index contributed by atoms with van der Waals surface area (Å²) in [5.41, 5.74) is 0.407. The van der Waals surface area contributed by atoms with Crippen molar-refractivity contribution in [1.29, 1.82) is 0 Å². The molecule has 0 saturated carbocycles. The minimum Gasteiger partial charge on any atom is -0.281 e. The van der Waals surface area contributed by atoms with Crippen molar-refractivity contribution < 1.29 is 10.0 Å². The number of carbonyl (C=O) groups excluding carboxylic acids is 1. The van der Waals surface area contributed by atoms with Crippen LogP contribution in [0.3, 0.4) is 0 Å². The zero-order valence-corrected chi connectivity index (χ0v) is 5.14. The second kappa shape index (κ2) is 2.93. The van der Waals surface area contributed by atoms with Gasteiger partial charge in [0, 0.05) is 12.4 Å². The van der Waals surface area contributed by atoms with Gasteiger partial charge in [-0.1, -0.05) is 0 Å². The number of hydrogen-bond donors (Lipinski definition) is 1. The van der Waals surface area contributed by atoms with Crippen LogP contribution in [0.1, 0.15) is 0 Å². The van der Waals surface area contributed by atoms with Gasteiger partial charge < -0.3 is 0 Å². The van der Waals surface area contributed by atoms with E-state index in [4.69, 9.17) is 5.21 Å². The Morgan fingerprint density at radius 3 is 2.60 bits per heavy atom. The highest BCUT2D eigenvalue weighted by Gasteiger charge is 1.96. The van der Waals surface area contributed by atoms with Crippen molar-refractivity contribution in [2.45, 2.75) is 0 Å². The number of amides is 1. The molecule has 0 spiro atoms. The van der Waals surface area contributed by atoms with E-state index in [1.54, 1.807) is 0 Å². The van der Waals surface area contributed by atoms with Gasteiger partial charge in [-0.25, -0.2) is 0 Å². The first-order valence-electron chi connectivity index (χ1n) is 2.68. The molecule has 4 heteroatoms. The van der Waals surface area contributed by atoms with Crippen molar-refractivity contribution in [3.63, 3.8) is 0 Å². The minimum absolute atomic E-state index is 0.315. The molecule has 4 nitrogen and oxygen atoms in total. The molecule has 0 saturated heterocycles. The standard InChI is InChI=1S/C6H6N2O2/c9-5-8(10)6-1-3-7-4-2-6/h1-5,10H. The molecule has 1 heterocycles. The summed E-state index contributed by atoms with van der Waals surface area (Å²) in [6, 6.07) is 3.04. The fraction of sp³-hybridized carbons (Fsp3) is 0. The monoisotopic (exact) mass is 138 g/mol. The zero-order valence-electron chi connectivity index (χ0n) is 5.14. The van der Waals surface area contributed by atoms with Crippen molar-refractivity contribution in [1.82, 2.24) is 4.98 Å². The number of aromatic nitrogens is 1. The number of pyridine rings is 1. The van der Waals surface area contributed by atoms with Gasteiger partial charge in [0.05, 0.1) is 5.69 Å². The lowest BCUT2D eigenvalue weighted by molar-refractivity contribution is -0.111. The van der Waals surface area contributed by atoms with Gasteiger partial charge in [0.15, 0.2) is 0 Å². The van der Waals surface area contributed by atoms with Crippen LogP contribution in [0.25, 0.3) is 0 Å². The molecular weight excluding hydrogens is 132 g/mol. The van der Waals surface area contributed by atoms with E-state index in [2.05, 4.69) is 4.98 Å². The third kappa shape index (κ3) is 1.29. The van der Waals surface area contributed by atoms with E-state index < -0.39 is 0 Å². The van der Waals surface area contributed by atoms with Gasteiger partial charge in [-0.2, -0.15) is 5.06 Å². The quantitative estimate of drug-likeness (QED) is 0.366. The number of hydroxylamine groups is 1. The summed E-state index contributed by atoms with van der Waals surface area (Å²) in [6.45, 7) is 0. The summed E-state index contributed by atoms with van der Waals surface area (Å²) in [5.74, 6) is 0. The van der Waals surface area contributed by atoms with E-state index >= 15 is 0 Å². The van der Waals surface area contributed by atoms with E-state index in [9.17, 15) is 4.79 Å². The second-order valence-corrected chi connectivity index (χ2v) is 1.66. The maximum atomic E-state index is 9.96. The van der Waals surface area contributed by atoms with Crippen molar-refractivity contribution >= 4 is 12.1 Å². The van der Waals surface area contributed by atoms with Gasteiger partial charge >= 0.3 is 0 Å². The highest BCUT2D eigenvalue weighted by Crippen LogP contribution is 2.05. The summed E-state index contributed by atoms with van der Waals surface area (Å²) in [4.78, 5) is 13.7. The highest BCUT2D eigenvalue weighted by atomic mass is 16.5. The Labute approximate surface area is 57.7 Å². The molecule has 0 bridgehead atoms. The Hall–Kier alpha value is -1.42. The van der Waals surface area contributed by atoms with Crippen LogP contribution < -0.4 is 5.06 Å². The average molecular weight is 138 g/mol. The lowest BCUT2D eigenvalue weighted by Crippen LogP contribution is -2.14. The number of carbonyl (C=O) groups is 1. The maximum absolute atomic E-state index is 9.96. The van der Waals surface area contributed by atoms with Crippen LogP contribution in [0.4, 0.5) is 5.69 Å². The fourth-order valence-electron chi connectivity index (χ4n) is 0.558. The fourth-order valence-corrected chi connectivity index (χ4v) is 0.558. The van der Waals surface area contributed by atoms with Gasteiger partial charge in [0.1, 0.15) is 0 Å². The SMILES string of the molecule is O=CN(O)c1ccncc1. The van der Waals surface area contributed by atoms with E-state index in [0.717, 1.165) is 0 Å². The molecule has 0 aliphatic heterocycles. The summed E-state index contributed by atoms with van der Waals surface area (Å²) in [7, 11) is 0. The molecule has 1 aromatic rings. The van der Waals surface area contributed by atoms with Crippen LogP contribution in [0.2, 0.25) is 0 Å². The maximum Gasteiger partial charge on any atom is 0.237 e. The number of anilines is 1. The summed E-state index contributed by atoms with van der Waals surface area (Å²) in [5, 5.41) is 9.25. The first kappa shape index (κ1) is 6.70. The van der Waals surface area contributed by atoms with Crippen LogP contribution in [0, 0.1) is 0 Å². The molecule has 0 unspecified atom stereocenters. The Balaban J connectivity index is 2.84. The lowest BCUT2D eigenvalue weighted by atomic mass is 10.4. The topological polar surface area (TPSA) is 53.4 Å². The first-order chi connectivity index (χ1) is 4.84. The highest BCUT2D eigenvalue weighted by molar-refractivity contribution is 5.70. The molecule has 10 heavy (non-hydrogen) atoms. The number of rotatable bonds is 2. The predicted molar refractivity (Wildman–Crippen MR) is 34.6 cm³/mol. The van der Waals surface area contributed by atoms with Gasteiger partial charge in [0.25, 0.3) is 0 Å². The molecule has 0 aliphatic rings. The van der Waals surface area contributed by atoms with Crippen molar-refractivity contribution in [3.8, 4) is 0 Å². The van der Waals surface area contributed by atoms with Crippen LogP contribution in [0.15, 0.2) is 24.5 Å². The van der Waals surface area contributed by atoms with Crippen molar-refractivity contribution in [2.24, 2.45) is 0 Å². The second-order valence-electron chi connectivity index (χ2n) is 1.66. The van der Waals surface area contributed by atoms with Crippen LogP contribution in [-0.2, 0) is 4.79 Å². The Morgan fingerprint density at radius 1 is 1.50 bits per heavy atom. The van der Waals surface area contributed by atoms with Crippen molar-refractivity contribution in [2.75, 3.05) is 5.06 Å². The average Bonchev–Trinajstić information content (AvgIpc) is 2.05. The Kier molecular flexibility index (Phi) is 1.96. The third-order valence-corrected chi connectivity index (χ3v) is 1.03. The molecule has 1 rings (SSSR count). The summed E-state index contributed by atoms with van der Waals surface area (Å²) >= 11 is 0.